The van der Waals surface area contributed by atoms with Gasteiger partial charge in [0.25, 0.3) is 0 Å². The van der Waals surface area contributed by atoms with Gasteiger partial charge < -0.3 is 0 Å². The number of thiazole rings is 1. The quantitative estimate of drug-likeness (QED) is 0.516. The molecule has 1 nitrogen and oxygen atoms in total. The number of hydrogen-bond acceptors (Lipinski definition) is 2. The molecule has 0 saturated heterocycles. The van der Waals surface area contributed by atoms with Gasteiger partial charge in [-0.05, 0) is 12.1 Å². The van der Waals surface area contributed by atoms with E-state index in [1.807, 2.05) is 23.7 Å². The molecule has 2 aromatic rings. The van der Waals surface area contributed by atoms with Gasteiger partial charge in [0, 0.05) is 0 Å². The first-order valence-electron chi connectivity index (χ1n) is 6.02. The van der Waals surface area contributed by atoms with E-state index in [2.05, 4.69) is 11.1 Å². The Morgan fingerprint density at radius 3 is 1.42 bits per heavy atom. The predicted molar refractivity (Wildman–Crippen MR) is 66.6 cm³/mol. The van der Waals surface area contributed by atoms with E-state index in [1.54, 1.807) is 11.3 Å². The van der Waals surface area contributed by atoms with Crippen molar-refractivity contribution in [3.63, 3.8) is 0 Å². The van der Waals surface area contributed by atoms with Crippen molar-refractivity contribution in [2.24, 2.45) is 0 Å². The molecule has 0 fully saturated rings. The summed E-state index contributed by atoms with van der Waals surface area (Å²) in [6.45, 7) is 0. The largest absolute Gasteiger partial charge is 0.460 e. The summed E-state index contributed by atoms with van der Waals surface area (Å²) in [5, 5.41) is 0. The number of para-hydroxylation sites is 1. The van der Waals surface area contributed by atoms with Crippen LogP contribution in [0.1, 0.15) is 0 Å². The Labute approximate surface area is 140 Å². The van der Waals surface area contributed by atoms with Crippen LogP contribution in [0.25, 0.3) is 10.2 Å². The minimum atomic E-state index is -7.66. The second-order valence-electron chi connectivity index (χ2n) is 4.54. The highest BCUT2D eigenvalue weighted by atomic mass is 32.1. The first kappa shape index (κ1) is 22.3. The molecule has 1 heterocycles. The molecule has 2 rings (SSSR count). The smallest absolute Gasteiger partial charge is 0.245 e. The molecule has 0 bridgehead atoms. The molecular weight excluding hydrogens is 418 g/mol. The van der Waals surface area contributed by atoms with Crippen molar-refractivity contribution in [2.45, 2.75) is 30.1 Å². The van der Waals surface area contributed by atoms with E-state index in [4.69, 9.17) is 0 Å². The second-order valence-corrected chi connectivity index (χ2v) is 5.43. The van der Waals surface area contributed by atoms with Crippen molar-refractivity contribution in [3.05, 3.63) is 29.8 Å². The van der Waals surface area contributed by atoms with Crippen LogP contribution in [-0.4, -0.2) is 35.1 Å². The molecule has 148 valence electrons. The van der Waals surface area contributed by atoms with Gasteiger partial charge in [-0.1, -0.05) is 12.1 Å². The van der Waals surface area contributed by atoms with E-state index in [-0.39, 0.29) is 0 Å². The second kappa shape index (κ2) is 6.78. The van der Waals surface area contributed by atoms with E-state index >= 15 is 0 Å². The standard InChI is InChI=1S/C7H5NS.C5F12/c1-2-4-7-6(3-1)8-5-9-7;6-1(7,2(8,9)4(12,13)14)3(10,11)5(15,16)17/h1-5H;. The number of aromatic nitrogens is 1. The van der Waals surface area contributed by atoms with Crippen molar-refractivity contribution in [3.8, 4) is 0 Å². The van der Waals surface area contributed by atoms with Gasteiger partial charge in [-0.3, -0.25) is 0 Å². The summed E-state index contributed by atoms with van der Waals surface area (Å²) < 4.78 is 141. The summed E-state index contributed by atoms with van der Waals surface area (Å²) in [5.41, 5.74) is 2.97. The number of nitrogens with zero attached hydrogens (tertiary/aromatic N) is 1. The predicted octanol–water partition coefficient (Wildman–Crippen LogP) is 6.31. The van der Waals surface area contributed by atoms with Gasteiger partial charge in [-0.2, -0.15) is 52.7 Å². The number of rotatable bonds is 2. The monoisotopic (exact) mass is 423 g/mol. The highest BCUT2D eigenvalue weighted by molar-refractivity contribution is 7.16. The third-order valence-corrected chi connectivity index (χ3v) is 3.55. The number of fused-ring (bicyclic) bond motifs is 1. The average Bonchev–Trinajstić information content (AvgIpc) is 2.93. The maximum absolute atomic E-state index is 12.0. The molecule has 0 atom stereocenters. The maximum Gasteiger partial charge on any atom is 0.460 e. The topological polar surface area (TPSA) is 12.9 Å². The first-order valence-corrected chi connectivity index (χ1v) is 6.90. The third-order valence-electron chi connectivity index (χ3n) is 2.74. The molecule has 0 saturated carbocycles. The van der Waals surface area contributed by atoms with Crippen molar-refractivity contribution < 1.29 is 52.7 Å². The SMILES string of the molecule is FC(F)(F)C(F)(F)C(F)(F)C(F)(F)C(F)(F)F.c1ccc2scnc2c1. The molecule has 14 heteroatoms. The summed E-state index contributed by atoms with van der Waals surface area (Å²) in [4.78, 5) is 4.14. The molecule has 1 aromatic heterocycles. The zero-order chi connectivity index (χ0) is 20.6. The molecule has 0 unspecified atom stereocenters. The normalized spacial score (nSPS) is 14.2. The van der Waals surface area contributed by atoms with Gasteiger partial charge in [-0.25, -0.2) is 4.98 Å². The van der Waals surface area contributed by atoms with Gasteiger partial charge in [0.2, 0.25) is 0 Å². The van der Waals surface area contributed by atoms with E-state index < -0.39 is 30.1 Å². The zero-order valence-corrected chi connectivity index (χ0v) is 12.6. The van der Waals surface area contributed by atoms with Crippen molar-refractivity contribution in [1.82, 2.24) is 4.98 Å². The van der Waals surface area contributed by atoms with Crippen LogP contribution in [-0.2, 0) is 0 Å². The molecule has 0 N–H and O–H groups in total. The zero-order valence-electron chi connectivity index (χ0n) is 11.8. The van der Waals surface area contributed by atoms with Gasteiger partial charge in [0.05, 0.1) is 15.7 Å². The Bertz CT molecular complexity index is 671. The first-order chi connectivity index (χ1) is 11.5. The fourth-order valence-corrected chi connectivity index (χ4v) is 2.04. The molecule has 0 radical (unpaired) electrons. The molecule has 0 spiro atoms. The highest BCUT2D eigenvalue weighted by Crippen LogP contribution is 2.57. The van der Waals surface area contributed by atoms with E-state index in [0.717, 1.165) is 5.52 Å². The van der Waals surface area contributed by atoms with E-state index in [1.165, 1.54) is 4.70 Å². The van der Waals surface area contributed by atoms with Gasteiger partial charge >= 0.3 is 30.1 Å². The highest BCUT2D eigenvalue weighted by Gasteiger charge is 2.88. The Kier molecular flexibility index (Phi) is 5.81. The third kappa shape index (κ3) is 3.83. The van der Waals surface area contributed by atoms with Crippen LogP contribution in [0.4, 0.5) is 52.7 Å². The van der Waals surface area contributed by atoms with Crippen molar-refractivity contribution >= 4 is 21.6 Å². The number of halogens is 12. The minimum Gasteiger partial charge on any atom is -0.245 e. The summed E-state index contributed by atoms with van der Waals surface area (Å²) >= 11 is 1.68. The molecular formula is C12H5F12NS. The summed E-state index contributed by atoms with van der Waals surface area (Å²) in [7, 11) is 0. The Balaban J connectivity index is 0.000000308. The molecule has 0 aliphatic carbocycles. The molecule has 1 aromatic carbocycles. The number of benzene rings is 1. The van der Waals surface area contributed by atoms with Crippen LogP contribution < -0.4 is 0 Å². The lowest BCUT2D eigenvalue weighted by Gasteiger charge is -2.34. The summed E-state index contributed by atoms with van der Waals surface area (Å²) in [6, 6.07) is 8.13. The van der Waals surface area contributed by atoms with Gasteiger partial charge in [-0.15, -0.1) is 11.3 Å². The number of alkyl halides is 12. The maximum atomic E-state index is 12.0. The van der Waals surface area contributed by atoms with Crippen LogP contribution in [0.5, 0.6) is 0 Å². The lowest BCUT2D eigenvalue weighted by Crippen LogP contribution is -2.65. The van der Waals surface area contributed by atoms with Crippen LogP contribution in [0.2, 0.25) is 0 Å². The van der Waals surface area contributed by atoms with E-state index in [0.29, 0.717) is 0 Å². The van der Waals surface area contributed by atoms with Crippen LogP contribution >= 0.6 is 11.3 Å². The van der Waals surface area contributed by atoms with E-state index in [9.17, 15) is 52.7 Å². The Morgan fingerprint density at radius 2 is 1.04 bits per heavy atom. The summed E-state index contributed by atoms with van der Waals surface area (Å²) in [6.07, 6.45) is -14.5. The Morgan fingerprint density at radius 1 is 0.615 bits per heavy atom. The fraction of sp³-hybridized carbons (Fsp3) is 0.417. The van der Waals surface area contributed by atoms with Crippen molar-refractivity contribution in [1.29, 1.82) is 0 Å². The number of hydrogen-bond donors (Lipinski definition) is 0. The summed E-state index contributed by atoms with van der Waals surface area (Å²) in [5.74, 6) is -22.7. The minimum absolute atomic E-state index is 1.10. The van der Waals surface area contributed by atoms with Gasteiger partial charge in [0.15, 0.2) is 0 Å². The average molecular weight is 423 g/mol. The molecule has 0 amide bonds. The van der Waals surface area contributed by atoms with Crippen molar-refractivity contribution in [2.75, 3.05) is 0 Å². The van der Waals surface area contributed by atoms with Gasteiger partial charge in [0.1, 0.15) is 0 Å². The molecule has 0 aliphatic heterocycles. The van der Waals surface area contributed by atoms with Crippen LogP contribution in [0.15, 0.2) is 29.8 Å². The van der Waals surface area contributed by atoms with Crippen LogP contribution in [0.3, 0.4) is 0 Å². The fourth-order valence-electron chi connectivity index (χ4n) is 1.36. The lowest BCUT2D eigenvalue weighted by atomic mass is 10.0. The van der Waals surface area contributed by atoms with Crippen LogP contribution in [0, 0.1) is 0 Å². The molecule has 0 aliphatic rings. The Hall–Kier alpha value is -1.73. The lowest BCUT2D eigenvalue weighted by molar-refractivity contribution is -0.438. The molecule has 26 heavy (non-hydrogen) atoms.